The Kier molecular flexibility index (Phi) is 8.31. The van der Waals surface area contributed by atoms with Crippen LogP contribution in [0.4, 0.5) is 0 Å². The monoisotopic (exact) mass is 484 g/mol. The van der Waals surface area contributed by atoms with Crippen LogP contribution in [0.25, 0.3) is 0 Å². The summed E-state index contributed by atoms with van der Waals surface area (Å²) in [6, 6.07) is 15.2. The van der Waals surface area contributed by atoms with Gasteiger partial charge in [0.1, 0.15) is 5.84 Å². The number of nitrogens with one attached hydrogen (secondary N) is 2. The summed E-state index contributed by atoms with van der Waals surface area (Å²) in [5.41, 5.74) is 2.99. The van der Waals surface area contributed by atoms with E-state index in [9.17, 15) is 13.2 Å². The molecular weight excluding hydrogens is 452 g/mol. The van der Waals surface area contributed by atoms with Crippen molar-refractivity contribution >= 4 is 21.8 Å². The molecule has 0 spiro atoms. The Labute approximate surface area is 201 Å². The average Bonchev–Trinajstić information content (AvgIpc) is 3.11. The maximum atomic E-state index is 12.2. The number of ether oxygens (including phenoxy) is 1. The van der Waals surface area contributed by atoms with Crippen LogP contribution in [-0.4, -0.2) is 57.9 Å². The molecule has 0 saturated carbocycles. The molecule has 0 bridgehead atoms. The van der Waals surface area contributed by atoms with Crippen molar-refractivity contribution in [3.8, 4) is 0 Å². The number of sulfonamides is 1. The van der Waals surface area contributed by atoms with Gasteiger partial charge in [-0.2, -0.15) is 0 Å². The molecule has 34 heavy (non-hydrogen) atoms. The molecule has 9 heteroatoms. The third-order valence-electron chi connectivity index (χ3n) is 6.02. The van der Waals surface area contributed by atoms with Gasteiger partial charge in [0.2, 0.25) is 5.91 Å². The van der Waals surface area contributed by atoms with Gasteiger partial charge in [-0.1, -0.05) is 42.8 Å². The average molecular weight is 485 g/mol. The quantitative estimate of drug-likeness (QED) is 0.505. The van der Waals surface area contributed by atoms with Crippen LogP contribution in [0.15, 0.2) is 58.4 Å². The minimum absolute atomic E-state index is 0.0428. The number of fused-ring (bicyclic) bond motifs is 1. The van der Waals surface area contributed by atoms with Crippen molar-refractivity contribution in [3.63, 3.8) is 0 Å². The number of carbonyl (C=O) groups excluding carboxylic acids is 1. The number of unbranched alkanes of at least 4 members (excludes halogenated alkanes) is 2. The molecule has 0 aromatic heterocycles. The number of nitrogens with zero attached hydrogens (tertiary/aromatic N) is 2. The SMILES string of the molecule is O=C(CCCCCN=C1NS(=O)(=O)c2ccccc21)NCc1ccc(CN2CCOCC2)cc1. The molecular formula is C25H32N4O4S. The molecule has 2 heterocycles. The van der Waals surface area contributed by atoms with E-state index < -0.39 is 10.0 Å². The van der Waals surface area contributed by atoms with Gasteiger partial charge in [0.05, 0.1) is 18.1 Å². The molecule has 0 atom stereocenters. The van der Waals surface area contributed by atoms with Crippen LogP contribution >= 0.6 is 0 Å². The summed E-state index contributed by atoms with van der Waals surface area (Å²) in [6.07, 6.45) is 2.90. The van der Waals surface area contributed by atoms with Crippen LogP contribution < -0.4 is 10.0 Å². The van der Waals surface area contributed by atoms with E-state index in [4.69, 9.17) is 4.74 Å². The second-order valence-electron chi connectivity index (χ2n) is 8.62. The number of aliphatic imine (C=N–C) groups is 1. The third-order valence-corrected chi connectivity index (χ3v) is 7.41. The summed E-state index contributed by atoms with van der Waals surface area (Å²) < 4.78 is 32.1. The van der Waals surface area contributed by atoms with E-state index in [1.165, 1.54) is 5.56 Å². The topological polar surface area (TPSA) is 100 Å². The molecule has 0 unspecified atom stereocenters. The van der Waals surface area contributed by atoms with Crippen molar-refractivity contribution in [2.24, 2.45) is 4.99 Å². The van der Waals surface area contributed by atoms with Gasteiger partial charge in [-0.25, -0.2) is 8.42 Å². The molecule has 2 aliphatic heterocycles. The van der Waals surface area contributed by atoms with Crippen molar-refractivity contribution in [2.75, 3.05) is 32.8 Å². The lowest BCUT2D eigenvalue weighted by molar-refractivity contribution is -0.121. The summed E-state index contributed by atoms with van der Waals surface area (Å²) in [5.74, 6) is 0.450. The first-order valence-electron chi connectivity index (χ1n) is 11.8. The maximum absolute atomic E-state index is 12.2. The number of benzene rings is 2. The van der Waals surface area contributed by atoms with Crippen molar-refractivity contribution in [1.82, 2.24) is 14.9 Å². The normalized spacial score (nSPS) is 18.4. The minimum Gasteiger partial charge on any atom is -0.379 e. The highest BCUT2D eigenvalue weighted by Gasteiger charge is 2.29. The Morgan fingerprint density at radius 3 is 2.53 bits per heavy atom. The van der Waals surface area contributed by atoms with Gasteiger partial charge in [-0.05, 0) is 36.1 Å². The molecule has 2 aromatic rings. The zero-order chi connectivity index (χ0) is 23.8. The number of morpholine rings is 1. The lowest BCUT2D eigenvalue weighted by atomic mass is 10.1. The van der Waals surface area contributed by atoms with E-state index >= 15 is 0 Å². The first-order valence-corrected chi connectivity index (χ1v) is 13.3. The summed E-state index contributed by atoms with van der Waals surface area (Å²) in [7, 11) is -3.49. The number of hydrogen-bond acceptors (Lipinski definition) is 6. The Hall–Kier alpha value is -2.75. The lowest BCUT2D eigenvalue weighted by Gasteiger charge is -2.26. The number of hydrogen-bond donors (Lipinski definition) is 2. The fourth-order valence-corrected chi connectivity index (χ4v) is 5.34. The Bertz CT molecular complexity index is 1110. The molecule has 182 valence electrons. The zero-order valence-electron chi connectivity index (χ0n) is 19.3. The number of amides is 1. The standard InChI is InChI=1S/C25H32N4O4S/c30-24(27-18-20-9-11-21(12-10-20)19-29-14-16-33-17-15-29)8-2-1-5-13-26-25-22-6-3-4-7-23(22)34(31,32)28-25/h3-4,6-7,9-12H,1-2,5,8,13-19H2,(H,26,28)(H,27,30). The predicted molar refractivity (Wildman–Crippen MR) is 131 cm³/mol. The molecule has 2 N–H and O–H groups in total. The zero-order valence-corrected chi connectivity index (χ0v) is 20.1. The molecule has 4 rings (SSSR count). The van der Waals surface area contributed by atoms with Crippen molar-refractivity contribution in [1.29, 1.82) is 0 Å². The first-order chi connectivity index (χ1) is 16.5. The van der Waals surface area contributed by atoms with Gasteiger partial charge in [0.15, 0.2) is 0 Å². The van der Waals surface area contributed by atoms with E-state index in [0.29, 0.717) is 30.9 Å². The number of rotatable bonds is 10. The smallest absolute Gasteiger partial charge is 0.263 e. The maximum Gasteiger partial charge on any atom is 0.263 e. The Balaban J connectivity index is 1.11. The number of carbonyl (C=O) groups is 1. The molecule has 1 saturated heterocycles. The molecule has 8 nitrogen and oxygen atoms in total. The van der Waals surface area contributed by atoms with Gasteiger partial charge >= 0.3 is 0 Å². The van der Waals surface area contributed by atoms with Gasteiger partial charge in [-0.15, -0.1) is 0 Å². The van der Waals surface area contributed by atoms with E-state index in [0.717, 1.165) is 57.7 Å². The van der Waals surface area contributed by atoms with Crippen LogP contribution in [0.5, 0.6) is 0 Å². The largest absolute Gasteiger partial charge is 0.379 e. The summed E-state index contributed by atoms with van der Waals surface area (Å²) >= 11 is 0. The summed E-state index contributed by atoms with van der Waals surface area (Å²) in [5, 5.41) is 2.99. The van der Waals surface area contributed by atoms with Gasteiger partial charge in [0, 0.05) is 44.7 Å². The van der Waals surface area contributed by atoms with Crippen molar-refractivity contribution < 1.29 is 17.9 Å². The van der Waals surface area contributed by atoms with Crippen LogP contribution in [0, 0.1) is 0 Å². The van der Waals surface area contributed by atoms with Gasteiger partial charge in [0.25, 0.3) is 10.0 Å². The van der Waals surface area contributed by atoms with E-state index in [2.05, 4.69) is 44.2 Å². The first kappa shape index (κ1) is 24.4. The lowest BCUT2D eigenvalue weighted by Crippen LogP contribution is -2.35. The predicted octanol–water partition coefficient (Wildman–Crippen LogP) is 2.43. The van der Waals surface area contributed by atoms with Gasteiger partial charge in [-0.3, -0.25) is 19.4 Å². The Morgan fingerprint density at radius 2 is 1.74 bits per heavy atom. The fraction of sp³-hybridized carbons (Fsp3) is 0.440. The number of amidine groups is 1. The van der Waals surface area contributed by atoms with E-state index in [1.54, 1.807) is 24.3 Å². The van der Waals surface area contributed by atoms with E-state index in [1.807, 2.05) is 0 Å². The Morgan fingerprint density at radius 1 is 1.00 bits per heavy atom. The molecule has 1 amide bonds. The molecule has 1 fully saturated rings. The highest BCUT2D eigenvalue weighted by Crippen LogP contribution is 2.22. The van der Waals surface area contributed by atoms with E-state index in [-0.39, 0.29) is 10.8 Å². The molecule has 0 radical (unpaired) electrons. The summed E-state index contributed by atoms with van der Waals surface area (Å²) in [6.45, 7) is 5.52. The minimum atomic E-state index is -3.49. The second kappa shape index (κ2) is 11.6. The highest BCUT2D eigenvalue weighted by molar-refractivity contribution is 7.90. The van der Waals surface area contributed by atoms with Crippen LogP contribution in [-0.2, 0) is 32.6 Å². The summed E-state index contributed by atoms with van der Waals surface area (Å²) in [4.78, 5) is 19.2. The third kappa shape index (κ3) is 6.65. The highest BCUT2D eigenvalue weighted by atomic mass is 32.2. The molecule has 2 aromatic carbocycles. The fourth-order valence-electron chi connectivity index (χ4n) is 4.09. The van der Waals surface area contributed by atoms with Crippen LogP contribution in [0.2, 0.25) is 0 Å². The second-order valence-corrected chi connectivity index (χ2v) is 10.3. The molecule has 2 aliphatic rings. The molecule has 0 aliphatic carbocycles. The van der Waals surface area contributed by atoms with Crippen molar-refractivity contribution in [2.45, 2.75) is 43.7 Å². The van der Waals surface area contributed by atoms with Crippen LogP contribution in [0.1, 0.15) is 42.4 Å². The van der Waals surface area contributed by atoms with Crippen molar-refractivity contribution in [3.05, 3.63) is 65.2 Å². The van der Waals surface area contributed by atoms with Crippen LogP contribution in [0.3, 0.4) is 0 Å². The van der Waals surface area contributed by atoms with Gasteiger partial charge < -0.3 is 10.1 Å².